The first kappa shape index (κ1) is 12.3. The molecule has 0 spiro atoms. The van der Waals surface area contributed by atoms with E-state index >= 15 is 0 Å². The second-order valence-corrected chi connectivity index (χ2v) is 4.87. The van der Waals surface area contributed by atoms with Crippen LogP contribution in [0.25, 0.3) is 11.1 Å². The molecule has 0 bridgehead atoms. The SMILES string of the molecule is OC(c1ccccc1-c1[c]nccc1)N1CCCC1. The molecule has 1 saturated heterocycles. The van der Waals surface area contributed by atoms with Crippen LogP contribution in [0.3, 0.4) is 0 Å². The summed E-state index contributed by atoms with van der Waals surface area (Å²) in [6.45, 7) is 1.93. The van der Waals surface area contributed by atoms with Crippen molar-refractivity contribution < 1.29 is 5.11 Å². The molecule has 3 rings (SSSR count). The fraction of sp³-hybridized carbons (Fsp3) is 0.312. The van der Waals surface area contributed by atoms with Crippen molar-refractivity contribution in [2.24, 2.45) is 0 Å². The number of hydrogen-bond acceptors (Lipinski definition) is 3. The molecule has 0 aliphatic carbocycles. The summed E-state index contributed by atoms with van der Waals surface area (Å²) in [5, 5.41) is 10.6. The molecule has 97 valence electrons. The van der Waals surface area contributed by atoms with Crippen molar-refractivity contribution in [3.05, 3.63) is 54.4 Å². The Morgan fingerprint density at radius 1 is 1.11 bits per heavy atom. The van der Waals surface area contributed by atoms with Crippen molar-refractivity contribution in [1.82, 2.24) is 9.88 Å². The lowest BCUT2D eigenvalue weighted by Gasteiger charge is -2.24. The summed E-state index contributed by atoms with van der Waals surface area (Å²) in [6, 6.07) is 11.8. The summed E-state index contributed by atoms with van der Waals surface area (Å²) < 4.78 is 0. The number of aliphatic hydroxyl groups is 1. The quantitative estimate of drug-likeness (QED) is 0.913. The smallest absolute Gasteiger partial charge is 0.134 e. The van der Waals surface area contributed by atoms with Gasteiger partial charge in [-0.05, 0) is 24.5 Å². The van der Waals surface area contributed by atoms with Crippen LogP contribution in [-0.2, 0) is 0 Å². The highest BCUT2D eigenvalue weighted by Gasteiger charge is 2.23. The van der Waals surface area contributed by atoms with E-state index in [0.717, 1.165) is 42.6 Å². The van der Waals surface area contributed by atoms with E-state index in [0.29, 0.717) is 0 Å². The average molecular weight is 253 g/mol. The maximum absolute atomic E-state index is 10.6. The molecule has 1 aromatic carbocycles. The van der Waals surface area contributed by atoms with Crippen LogP contribution in [0.5, 0.6) is 0 Å². The van der Waals surface area contributed by atoms with E-state index in [-0.39, 0.29) is 0 Å². The molecule has 1 aromatic heterocycles. The number of likely N-dealkylation sites (tertiary alicyclic amines) is 1. The van der Waals surface area contributed by atoms with Crippen LogP contribution in [0.2, 0.25) is 0 Å². The van der Waals surface area contributed by atoms with Gasteiger partial charge in [0.1, 0.15) is 6.23 Å². The molecule has 3 heteroatoms. The molecular formula is C16H17N2O. The van der Waals surface area contributed by atoms with Crippen LogP contribution in [0.1, 0.15) is 24.6 Å². The zero-order valence-electron chi connectivity index (χ0n) is 10.8. The molecule has 3 nitrogen and oxygen atoms in total. The Kier molecular flexibility index (Phi) is 3.58. The maximum atomic E-state index is 10.6. The van der Waals surface area contributed by atoms with E-state index in [4.69, 9.17) is 0 Å². The zero-order valence-corrected chi connectivity index (χ0v) is 10.8. The molecule has 1 aliphatic heterocycles. The van der Waals surface area contributed by atoms with Crippen molar-refractivity contribution in [2.75, 3.05) is 13.1 Å². The minimum absolute atomic E-state index is 0.535. The van der Waals surface area contributed by atoms with E-state index < -0.39 is 6.23 Å². The van der Waals surface area contributed by atoms with Crippen molar-refractivity contribution in [2.45, 2.75) is 19.1 Å². The number of nitrogens with zero attached hydrogens (tertiary/aromatic N) is 2. The Morgan fingerprint density at radius 3 is 2.63 bits per heavy atom. The van der Waals surface area contributed by atoms with Gasteiger partial charge in [0.2, 0.25) is 0 Å². The van der Waals surface area contributed by atoms with Crippen molar-refractivity contribution >= 4 is 0 Å². The summed E-state index contributed by atoms with van der Waals surface area (Å²) >= 11 is 0. The molecule has 1 atom stereocenters. The Bertz CT molecular complexity index is 535. The van der Waals surface area contributed by atoms with E-state index in [1.54, 1.807) is 6.20 Å². The molecule has 1 unspecified atom stereocenters. The fourth-order valence-corrected chi connectivity index (χ4v) is 2.63. The number of benzene rings is 1. The molecule has 1 N–H and O–H groups in total. The molecule has 1 aliphatic rings. The van der Waals surface area contributed by atoms with Gasteiger partial charge in [0.25, 0.3) is 0 Å². The van der Waals surface area contributed by atoms with E-state index in [1.165, 1.54) is 0 Å². The summed E-state index contributed by atoms with van der Waals surface area (Å²) in [4.78, 5) is 6.16. The van der Waals surface area contributed by atoms with Crippen LogP contribution < -0.4 is 0 Å². The summed E-state index contributed by atoms with van der Waals surface area (Å²) in [6.07, 6.45) is 6.50. The molecule has 2 aromatic rings. The number of rotatable bonds is 3. The van der Waals surface area contributed by atoms with Gasteiger partial charge in [0.05, 0.1) is 6.20 Å². The summed E-state index contributed by atoms with van der Waals surface area (Å²) in [7, 11) is 0. The zero-order chi connectivity index (χ0) is 13.1. The van der Waals surface area contributed by atoms with Crippen LogP contribution in [0.15, 0.2) is 42.6 Å². The first-order chi connectivity index (χ1) is 9.36. The number of pyridine rings is 1. The minimum Gasteiger partial charge on any atom is -0.374 e. The number of aromatic nitrogens is 1. The van der Waals surface area contributed by atoms with Crippen LogP contribution in [0.4, 0.5) is 0 Å². The second-order valence-electron chi connectivity index (χ2n) is 4.87. The molecule has 1 radical (unpaired) electrons. The average Bonchev–Trinajstić information content (AvgIpc) is 3.02. The third-order valence-corrected chi connectivity index (χ3v) is 3.62. The molecule has 19 heavy (non-hydrogen) atoms. The molecule has 0 saturated carbocycles. The molecule has 2 heterocycles. The van der Waals surface area contributed by atoms with Crippen molar-refractivity contribution in [3.63, 3.8) is 0 Å². The second kappa shape index (κ2) is 5.51. The van der Waals surface area contributed by atoms with Gasteiger partial charge in [-0.25, -0.2) is 0 Å². The van der Waals surface area contributed by atoms with Crippen molar-refractivity contribution in [1.29, 1.82) is 0 Å². The van der Waals surface area contributed by atoms with Gasteiger partial charge in [-0.1, -0.05) is 30.3 Å². The number of hydrogen-bond donors (Lipinski definition) is 1. The van der Waals surface area contributed by atoms with Gasteiger partial charge in [0, 0.05) is 30.4 Å². The highest BCUT2D eigenvalue weighted by atomic mass is 16.3. The Labute approximate surface area is 113 Å². The third kappa shape index (κ3) is 2.53. The lowest BCUT2D eigenvalue weighted by molar-refractivity contribution is 0.0195. The van der Waals surface area contributed by atoms with Gasteiger partial charge in [-0.2, -0.15) is 0 Å². The standard InChI is InChI=1S/C16H17N2O/c19-16(18-10-3-4-11-18)15-8-2-1-7-14(15)13-6-5-9-17-12-13/h1-2,5-9,16,19H,3-4,10-11H2. The Balaban J connectivity index is 1.97. The van der Waals surface area contributed by atoms with Crippen LogP contribution >= 0.6 is 0 Å². The largest absolute Gasteiger partial charge is 0.374 e. The minimum atomic E-state index is -0.535. The monoisotopic (exact) mass is 253 g/mol. The topological polar surface area (TPSA) is 36.4 Å². The van der Waals surface area contributed by atoms with E-state index in [9.17, 15) is 5.11 Å². The van der Waals surface area contributed by atoms with Crippen LogP contribution in [-0.4, -0.2) is 28.1 Å². The van der Waals surface area contributed by atoms with Gasteiger partial charge >= 0.3 is 0 Å². The van der Waals surface area contributed by atoms with Gasteiger partial charge in [0.15, 0.2) is 0 Å². The third-order valence-electron chi connectivity index (χ3n) is 3.62. The Morgan fingerprint density at radius 2 is 1.89 bits per heavy atom. The molecular weight excluding hydrogens is 236 g/mol. The number of aliphatic hydroxyl groups excluding tert-OH is 1. The van der Waals surface area contributed by atoms with Gasteiger partial charge < -0.3 is 5.11 Å². The van der Waals surface area contributed by atoms with Crippen molar-refractivity contribution in [3.8, 4) is 11.1 Å². The Hall–Kier alpha value is -1.71. The van der Waals surface area contributed by atoms with Gasteiger partial charge in [-0.15, -0.1) is 0 Å². The normalized spacial score (nSPS) is 17.5. The highest BCUT2D eigenvalue weighted by Crippen LogP contribution is 2.30. The first-order valence-electron chi connectivity index (χ1n) is 6.70. The lowest BCUT2D eigenvalue weighted by Crippen LogP contribution is -2.25. The van der Waals surface area contributed by atoms with E-state index in [2.05, 4.69) is 16.1 Å². The summed E-state index contributed by atoms with van der Waals surface area (Å²) in [5.74, 6) is 0. The van der Waals surface area contributed by atoms with Gasteiger partial charge in [-0.3, -0.25) is 9.88 Å². The lowest BCUT2D eigenvalue weighted by atomic mass is 9.99. The summed E-state index contributed by atoms with van der Waals surface area (Å²) in [5.41, 5.74) is 2.87. The highest BCUT2D eigenvalue weighted by molar-refractivity contribution is 5.66. The predicted molar refractivity (Wildman–Crippen MR) is 74.3 cm³/mol. The van der Waals surface area contributed by atoms with E-state index in [1.807, 2.05) is 36.4 Å². The first-order valence-corrected chi connectivity index (χ1v) is 6.70. The fourth-order valence-electron chi connectivity index (χ4n) is 2.63. The predicted octanol–water partition coefficient (Wildman–Crippen LogP) is 2.64. The molecule has 0 amide bonds. The molecule has 1 fully saturated rings. The maximum Gasteiger partial charge on any atom is 0.134 e. The van der Waals surface area contributed by atoms with Crippen LogP contribution in [0, 0.1) is 6.20 Å².